The van der Waals surface area contributed by atoms with Crippen molar-refractivity contribution in [3.63, 3.8) is 0 Å². The minimum atomic E-state index is -1.33. The molecule has 0 aliphatic carbocycles. The zero-order valence-corrected chi connectivity index (χ0v) is 11.8. The first-order chi connectivity index (χ1) is 8.68. The number of amides is 1. The van der Waals surface area contributed by atoms with Crippen molar-refractivity contribution in [1.29, 1.82) is 5.26 Å². The minimum Gasteiger partial charge on any atom is -0.479 e. The summed E-state index contributed by atoms with van der Waals surface area (Å²) in [5.41, 5.74) is -2.06. The van der Waals surface area contributed by atoms with Gasteiger partial charge in [0.25, 0.3) is 0 Å². The third-order valence-corrected chi connectivity index (χ3v) is 3.33. The lowest BCUT2D eigenvalue weighted by atomic mass is 9.93. The van der Waals surface area contributed by atoms with E-state index < -0.39 is 29.2 Å². The largest absolute Gasteiger partial charge is 0.479 e. The highest BCUT2D eigenvalue weighted by atomic mass is 16.6. The molecule has 0 radical (unpaired) electrons. The van der Waals surface area contributed by atoms with E-state index in [4.69, 9.17) is 10.00 Å². The number of carbonyl (C=O) groups excluding carboxylic acids is 1. The van der Waals surface area contributed by atoms with Gasteiger partial charge in [0, 0.05) is 0 Å². The van der Waals surface area contributed by atoms with E-state index in [0.717, 1.165) is 4.90 Å². The van der Waals surface area contributed by atoms with Crippen LogP contribution in [-0.4, -0.2) is 39.3 Å². The molecule has 1 aliphatic rings. The maximum Gasteiger partial charge on any atom is 0.412 e. The molecule has 1 heterocycles. The molecule has 1 unspecified atom stereocenters. The van der Waals surface area contributed by atoms with Crippen molar-refractivity contribution in [3.8, 4) is 6.07 Å². The second kappa shape index (κ2) is 5.08. The molecule has 0 bridgehead atoms. The van der Waals surface area contributed by atoms with Crippen LogP contribution < -0.4 is 0 Å². The number of rotatable bonds is 2. The summed E-state index contributed by atoms with van der Waals surface area (Å²) in [5, 5.41) is 18.5. The molecule has 0 spiro atoms. The number of carbonyl (C=O) groups is 2. The Bertz CT molecular complexity index is 421. The zero-order valence-electron chi connectivity index (χ0n) is 11.8. The SMILES string of the molecule is CC[C@@]1(C(=O)O)CCC(C#N)N1C(=O)OC(C)(C)C. The molecule has 1 N–H and O–H groups in total. The Morgan fingerprint density at radius 1 is 1.53 bits per heavy atom. The number of hydrogen-bond acceptors (Lipinski definition) is 4. The van der Waals surface area contributed by atoms with Crippen LogP contribution in [0.15, 0.2) is 0 Å². The van der Waals surface area contributed by atoms with Gasteiger partial charge in [0.1, 0.15) is 17.2 Å². The van der Waals surface area contributed by atoms with Gasteiger partial charge in [0.15, 0.2) is 0 Å². The molecule has 0 aromatic heterocycles. The number of likely N-dealkylation sites (tertiary alicyclic amines) is 1. The standard InChI is InChI=1S/C13H20N2O4/c1-5-13(10(16)17)7-6-9(8-14)15(13)11(18)19-12(2,3)4/h9H,5-7H2,1-4H3,(H,16,17)/t9?,13-/m0/s1. The van der Waals surface area contributed by atoms with E-state index >= 15 is 0 Å². The maximum absolute atomic E-state index is 12.2. The number of carboxylic acid groups (broad SMARTS) is 1. The van der Waals surface area contributed by atoms with Gasteiger partial charge in [-0.15, -0.1) is 0 Å². The maximum atomic E-state index is 12.2. The van der Waals surface area contributed by atoms with E-state index in [1.807, 2.05) is 6.07 Å². The molecule has 0 saturated carbocycles. The fraction of sp³-hybridized carbons (Fsp3) is 0.769. The zero-order chi connectivity index (χ0) is 14.8. The normalized spacial score (nSPS) is 26.9. The number of nitriles is 1. The summed E-state index contributed by atoms with van der Waals surface area (Å²) in [6.07, 6.45) is 0.146. The predicted octanol–water partition coefficient (Wildman–Crippen LogP) is 2.14. The molecule has 1 fully saturated rings. The van der Waals surface area contributed by atoms with Gasteiger partial charge in [-0.1, -0.05) is 6.92 Å². The average molecular weight is 268 g/mol. The lowest BCUT2D eigenvalue weighted by Gasteiger charge is -2.36. The molecule has 1 rings (SSSR count). The monoisotopic (exact) mass is 268 g/mol. The fourth-order valence-electron chi connectivity index (χ4n) is 2.37. The van der Waals surface area contributed by atoms with Gasteiger partial charge in [-0.2, -0.15) is 5.26 Å². The van der Waals surface area contributed by atoms with Crippen LogP contribution in [-0.2, 0) is 9.53 Å². The van der Waals surface area contributed by atoms with Crippen molar-refractivity contribution < 1.29 is 19.4 Å². The van der Waals surface area contributed by atoms with Crippen LogP contribution in [0.1, 0.15) is 47.0 Å². The van der Waals surface area contributed by atoms with Crippen molar-refractivity contribution in [1.82, 2.24) is 4.90 Å². The van der Waals surface area contributed by atoms with E-state index in [2.05, 4.69) is 0 Å². The summed E-state index contributed by atoms with van der Waals surface area (Å²) in [5.74, 6) is -1.08. The van der Waals surface area contributed by atoms with Crippen molar-refractivity contribution in [2.75, 3.05) is 0 Å². The highest BCUT2D eigenvalue weighted by Crippen LogP contribution is 2.38. The van der Waals surface area contributed by atoms with Crippen molar-refractivity contribution in [2.24, 2.45) is 0 Å². The van der Waals surface area contributed by atoms with E-state index in [1.54, 1.807) is 27.7 Å². The number of aliphatic carboxylic acids is 1. The predicted molar refractivity (Wildman–Crippen MR) is 67.4 cm³/mol. The molecular formula is C13H20N2O4. The molecule has 19 heavy (non-hydrogen) atoms. The Morgan fingerprint density at radius 3 is 2.47 bits per heavy atom. The number of hydrogen-bond donors (Lipinski definition) is 1. The van der Waals surface area contributed by atoms with Crippen LogP contribution in [0.2, 0.25) is 0 Å². The molecule has 2 atom stereocenters. The molecule has 0 aromatic rings. The van der Waals surface area contributed by atoms with E-state index in [9.17, 15) is 14.7 Å². The number of carboxylic acids is 1. The lowest BCUT2D eigenvalue weighted by Crippen LogP contribution is -2.56. The fourth-order valence-corrected chi connectivity index (χ4v) is 2.37. The molecule has 1 saturated heterocycles. The molecular weight excluding hydrogens is 248 g/mol. The van der Waals surface area contributed by atoms with E-state index in [-0.39, 0.29) is 12.8 Å². The first kappa shape index (κ1) is 15.3. The van der Waals surface area contributed by atoms with Gasteiger partial charge >= 0.3 is 12.1 Å². The summed E-state index contributed by atoms with van der Waals surface area (Å²) in [6.45, 7) is 6.81. The quantitative estimate of drug-likeness (QED) is 0.828. The summed E-state index contributed by atoms with van der Waals surface area (Å²) < 4.78 is 5.23. The Morgan fingerprint density at radius 2 is 2.11 bits per heavy atom. The van der Waals surface area contributed by atoms with Crippen LogP contribution in [0.4, 0.5) is 4.79 Å². The van der Waals surface area contributed by atoms with Crippen LogP contribution >= 0.6 is 0 Å². The van der Waals surface area contributed by atoms with Gasteiger partial charge in [-0.05, 0) is 40.0 Å². The van der Waals surface area contributed by atoms with Crippen LogP contribution in [0.25, 0.3) is 0 Å². The Balaban J connectivity index is 3.12. The van der Waals surface area contributed by atoms with Crippen molar-refractivity contribution in [2.45, 2.75) is 64.1 Å². The minimum absolute atomic E-state index is 0.250. The second-order valence-electron chi connectivity index (χ2n) is 5.72. The molecule has 1 aliphatic heterocycles. The second-order valence-corrected chi connectivity index (χ2v) is 5.72. The highest BCUT2D eigenvalue weighted by Gasteiger charge is 2.54. The first-order valence-corrected chi connectivity index (χ1v) is 6.33. The van der Waals surface area contributed by atoms with Crippen molar-refractivity contribution in [3.05, 3.63) is 0 Å². The first-order valence-electron chi connectivity index (χ1n) is 6.33. The van der Waals surface area contributed by atoms with Gasteiger partial charge in [0.05, 0.1) is 6.07 Å². The molecule has 6 nitrogen and oxygen atoms in total. The molecule has 106 valence electrons. The van der Waals surface area contributed by atoms with Gasteiger partial charge in [0.2, 0.25) is 0 Å². The molecule has 0 aromatic carbocycles. The van der Waals surface area contributed by atoms with Crippen molar-refractivity contribution >= 4 is 12.1 Å². The van der Waals surface area contributed by atoms with Gasteiger partial charge < -0.3 is 9.84 Å². The highest BCUT2D eigenvalue weighted by molar-refractivity contribution is 5.85. The van der Waals surface area contributed by atoms with Crippen LogP contribution in [0, 0.1) is 11.3 Å². The van der Waals surface area contributed by atoms with Crippen LogP contribution in [0.5, 0.6) is 0 Å². The summed E-state index contributed by atoms with van der Waals surface area (Å²) in [4.78, 5) is 24.8. The molecule has 1 amide bonds. The van der Waals surface area contributed by atoms with Crippen LogP contribution in [0.3, 0.4) is 0 Å². The Labute approximate surface area is 112 Å². The third-order valence-electron chi connectivity index (χ3n) is 3.33. The smallest absolute Gasteiger partial charge is 0.412 e. The topological polar surface area (TPSA) is 90.6 Å². The number of nitrogens with zero attached hydrogens (tertiary/aromatic N) is 2. The summed E-state index contributed by atoms with van der Waals surface area (Å²) >= 11 is 0. The van der Waals surface area contributed by atoms with E-state index in [1.165, 1.54) is 0 Å². The Hall–Kier alpha value is -1.77. The Kier molecular flexibility index (Phi) is 4.09. The number of ether oxygens (including phenoxy) is 1. The van der Waals surface area contributed by atoms with E-state index in [0.29, 0.717) is 6.42 Å². The summed E-state index contributed by atoms with van der Waals surface area (Å²) in [7, 11) is 0. The van der Waals surface area contributed by atoms with Gasteiger partial charge in [-0.3, -0.25) is 4.90 Å². The van der Waals surface area contributed by atoms with Gasteiger partial charge in [-0.25, -0.2) is 9.59 Å². The molecule has 6 heteroatoms. The summed E-state index contributed by atoms with van der Waals surface area (Å²) in [6, 6.07) is 1.24. The third kappa shape index (κ3) is 2.80. The lowest BCUT2D eigenvalue weighted by molar-refractivity contribution is -0.150. The average Bonchev–Trinajstić information content (AvgIpc) is 2.66.